The largest absolute Gasteiger partial charge is 0.416 e. The molecule has 0 unspecified atom stereocenters. The van der Waals surface area contributed by atoms with Crippen molar-refractivity contribution >= 4 is 11.6 Å². The number of anilines is 1. The Morgan fingerprint density at radius 2 is 1.91 bits per heavy atom. The minimum atomic E-state index is -4.48. The summed E-state index contributed by atoms with van der Waals surface area (Å²) in [6.07, 6.45) is -0.509. The molecule has 11 heteroatoms. The second-order valence-corrected chi connectivity index (χ2v) is 8.08. The summed E-state index contributed by atoms with van der Waals surface area (Å²) >= 11 is 0. The standard InChI is InChI=1S/C23H17F4N5O2/c1-12-5-16(3-4-18(12)23(25,26)27)31-11-13(2)32-21(22(31)33)17(10-29-32)20-7-19(30-34-20)14-6-15(24)9-28-8-14/h3-10,13H,11H2,1-2H3/t13-/m0/s1. The topological polar surface area (TPSA) is 77.1 Å². The van der Waals surface area contributed by atoms with Crippen LogP contribution in [0.3, 0.4) is 0 Å². The third-order valence-corrected chi connectivity index (χ3v) is 5.71. The number of nitrogens with zero attached hydrogens (tertiary/aromatic N) is 5. The molecule has 4 aromatic rings. The Morgan fingerprint density at radius 3 is 2.62 bits per heavy atom. The van der Waals surface area contributed by atoms with Crippen molar-refractivity contribution in [2.75, 3.05) is 11.4 Å². The van der Waals surface area contributed by atoms with Crippen molar-refractivity contribution in [3.05, 3.63) is 71.6 Å². The van der Waals surface area contributed by atoms with Crippen LogP contribution in [0.4, 0.5) is 23.2 Å². The third kappa shape index (κ3) is 3.62. The summed E-state index contributed by atoms with van der Waals surface area (Å²) in [4.78, 5) is 18.7. The van der Waals surface area contributed by atoms with Crippen LogP contribution in [0, 0.1) is 12.7 Å². The van der Waals surface area contributed by atoms with Crippen molar-refractivity contribution in [2.24, 2.45) is 0 Å². The zero-order chi connectivity index (χ0) is 24.2. The van der Waals surface area contributed by atoms with Crippen LogP contribution in [0.2, 0.25) is 0 Å². The van der Waals surface area contributed by atoms with Gasteiger partial charge in [0, 0.05) is 30.1 Å². The van der Waals surface area contributed by atoms with Gasteiger partial charge in [0.05, 0.1) is 29.6 Å². The van der Waals surface area contributed by atoms with E-state index in [1.54, 1.807) is 10.7 Å². The Bertz CT molecular complexity index is 1410. The Labute approximate surface area is 190 Å². The lowest BCUT2D eigenvalue weighted by atomic mass is 10.0. The lowest BCUT2D eigenvalue weighted by Gasteiger charge is -2.32. The maximum atomic E-state index is 13.5. The van der Waals surface area contributed by atoms with Gasteiger partial charge in [-0.25, -0.2) is 4.39 Å². The summed E-state index contributed by atoms with van der Waals surface area (Å²) in [6, 6.07) is 6.17. The predicted molar refractivity (Wildman–Crippen MR) is 113 cm³/mol. The normalized spacial score (nSPS) is 16.1. The third-order valence-electron chi connectivity index (χ3n) is 5.71. The first-order valence-electron chi connectivity index (χ1n) is 10.3. The maximum Gasteiger partial charge on any atom is 0.416 e. The Hall–Kier alpha value is -4.02. The maximum absolute atomic E-state index is 13.5. The molecule has 5 rings (SSSR count). The van der Waals surface area contributed by atoms with Crippen LogP contribution in [0.15, 0.2) is 53.4 Å². The molecule has 0 spiro atoms. The van der Waals surface area contributed by atoms with E-state index >= 15 is 0 Å². The second kappa shape index (κ2) is 7.79. The summed E-state index contributed by atoms with van der Waals surface area (Å²) < 4.78 is 60.0. The Morgan fingerprint density at radius 1 is 1.12 bits per heavy atom. The number of hydrogen-bond acceptors (Lipinski definition) is 5. The van der Waals surface area contributed by atoms with Crippen molar-refractivity contribution < 1.29 is 26.9 Å². The van der Waals surface area contributed by atoms with Crippen LogP contribution in [-0.2, 0) is 6.18 Å². The van der Waals surface area contributed by atoms with Crippen molar-refractivity contribution in [2.45, 2.75) is 26.1 Å². The molecule has 0 radical (unpaired) electrons. The monoisotopic (exact) mass is 471 g/mol. The molecule has 7 nitrogen and oxygen atoms in total. The number of benzene rings is 1. The smallest absolute Gasteiger partial charge is 0.356 e. The summed E-state index contributed by atoms with van der Waals surface area (Å²) in [5, 5.41) is 8.26. The molecule has 1 amide bonds. The van der Waals surface area contributed by atoms with Gasteiger partial charge in [0.15, 0.2) is 5.76 Å². The molecule has 174 valence electrons. The summed E-state index contributed by atoms with van der Waals surface area (Å²) in [6.45, 7) is 3.44. The number of amides is 1. The van der Waals surface area contributed by atoms with Gasteiger partial charge in [0.2, 0.25) is 0 Å². The van der Waals surface area contributed by atoms with Gasteiger partial charge >= 0.3 is 6.18 Å². The van der Waals surface area contributed by atoms with Gasteiger partial charge in [-0.15, -0.1) is 0 Å². The lowest BCUT2D eigenvalue weighted by Crippen LogP contribution is -2.42. The lowest BCUT2D eigenvalue weighted by molar-refractivity contribution is -0.138. The van der Waals surface area contributed by atoms with Crippen LogP contribution in [0.1, 0.15) is 34.6 Å². The van der Waals surface area contributed by atoms with E-state index in [1.165, 1.54) is 42.4 Å². The molecule has 1 aliphatic heterocycles. The van der Waals surface area contributed by atoms with E-state index in [-0.39, 0.29) is 29.6 Å². The second-order valence-electron chi connectivity index (χ2n) is 8.08. The van der Waals surface area contributed by atoms with Gasteiger partial charge in [-0.2, -0.15) is 18.3 Å². The van der Waals surface area contributed by atoms with Gasteiger partial charge < -0.3 is 9.42 Å². The number of carbonyl (C=O) groups excluding carboxylic acids is 1. The Balaban J connectivity index is 1.52. The molecule has 34 heavy (non-hydrogen) atoms. The molecule has 0 bridgehead atoms. The van der Waals surface area contributed by atoms with Crippen molar-refractivity contribution in [1.82, 2.24) is 19.9 Å². The minimum Gasteiger partial charge on any atom is -0.356 e. The molecule has 0 saturated heterocycles. The minimum absolute atomic E-state index is 0.0216. The summed E-state index contributed by atoms with van der Waals surface area (Å²) in [5.74, 6) is -0.724. The molecule has 0 fully saturated rings. The zero-order valence-corrected chi connectivity index (χ0v) is 18.0. The van der Waals surface area contributed by atoms with Crippen LogP contribution in [0.5, 0.6) is 0 Å². The molecule has 1 aromatic carbocycles. The number of halogens is 4. The molecule has 3 aromatic heterocycles. The van der Waals surface area contributed by atoms with E-state index in [0.717, 1.165) is 12.3 Å². The SMILES string of the molecule is Cc1cc(N2C[C@H](C)n3ncc(-c4cc(-c5cncc(F)c5)no4)c3C2=O)ccc1C(F)(F)F. The molecular formula is C23H17F4N5O2. The average Bonchev–Trinajstić information content (AvgIpc) is 3.43. The molecular weight excluding hydrogens is 454 g/mol. The van der Waals surface area contributed by atoms with E-state index in [4.69, 9.17) is 4.52 Å². The predicted octanol–water partition coefficient (Wildman–Crippen LogP) is 5.29. The highest BCUT2D eigenvalue weighted by Gasteiger charge is 2.36. The Kier molecular flexibility index (Phi) is 4.99. The highest BCUT2D eigenvalue weighted by Crippen LogP contribution is 2.37. The van der Waals surface area contributed by atoms with Crippen molar-refractivity contribution in [3.8, 4) is 22.6 Å². The van der Waals surface area contributed by atoms with Gasteiger partial charge in [-0.3, -0.25) is 14.5 Å². The van der Waals surface area contributed by atoms with E-state index in [0.29, 0.717) is 22.5 Å². The van der Waals surface area contributed by atoms with Gasteiger partial charge in [0.1, 0.15) is 17.2 Å². The fourth-order valence-corrected chi connectivity index (χ4v) is 4.09. The quantitative estimate of drug-likeness (QED) is 0.380. The molecule has 0 N–H and O–H groups in total. The fraction of sp³-hybridized carbons (Fsp3) is 0.217. The number of fused-ring (bicyclic) bond motifs is 1. The molecule has 0 aliphatic carbocycles. The molecule has 1 atom stereocenters. The summed E-state index contributed by atoms with van der Waals surface area (Å²) in [7, 11) is 0. The first kappa shape index (κ1) is 21.8. The highest BCUT2D eigenvalue weighted by atomic mass is 19.4. The molecule has 1 aliphatic rings. The highest BCUT2D eigenvalue weighted by molar-refractivity contribution is 6.09. The number of hydrogen-bond donors (Lipinski definition) is 0. The van der Waals surface area contributed by atoms with Crippen LogP contribution in [-0.4, -0.2) is 32.4 Å². The molecule has 0 saturated carbocycles. The van der Waals surface area contributed by atoms with E-state index in [2.05, 4.69) is 15.2 Å². The zero-order valence-electron chi connectivity index (χ0n) is 18.0. The van der Waals surface area contributed by atoms with Gasteiger partial charge in [0.25, 0.3) is 5.91 Å². The molecule has 4 heterocycles. The number of rotatable bonds is 3. The first-order valence-corrected chi connectivity index (χ1v) is 10.3. The van der Waals surface area contributed by atoms with E-state index in [1.807, 2.05) is 6.92 Å². The van der Waals surface area contributed by atoms with Crippen molar-refractivity contribution in [1.29, 1.82) is 0 Å². The number of alkyl halides is 3. The number of aromatic nitrogens is 4. The van der Waals surface area contributed by atoms with Crippen LogP contribution >= 0.6 is 0 Å². The van der Waals surface area contributed by atoms with Crippen LogP contribution in [0.25, 0.3) is 22.6 Å². The number of pyridine rings is 1. The van der Waals surface area contributed by atoms with Gasteiger partial charge in [-0.1, -0.05) is 5.16 Å². The summed E-state index contributed by atoms with van der Waals surface area (Å²) in [5.41, 5.74) is 0.939. The number of carbonyl (C=O) groups is 1. The van der Waals surface area contributed by atoms with E-state index in [9.17, 15) is 22.4 Å². The van der Waals surface area contributed by atoms with Crippen LogP contribution < -0.4 is 4.90 Å². The van der Waals surface area contributed by atoms with E-state index < -0.39 is 23.5 Å². The number of aryl methyl sites for hydroxylation is 1. The average molecular weight is 471 g/mol. The fourth-order valence-electron chi connectivity index (χ4n) is 4.09. The first-order chi connectivity index (χ1) is 16.1. The van der Waals surface area contributed by atoms with Gasteiger partial charge in [-0.05, 0) is 43.7 Å². The van der Waals surface area contributed by atoms with Crippen molar-refractivity contribution in [3.63, 3.8) is 0 Å².